The van der Waals surface area contributed by atoms with Gasteiger partial charge in [0, 0.05) is 29.1 Å². The van der Waals surface area contributed by atoms with Crippen molar-refractivity contribution in [1.29, 1.82) is 0 Å². The van der Waals surface area contributed by atoms with Gasteiger partial charge in [-0.2, -0.15) is 9.49 Å². The smallest absolute Gasteiger partial charge is 0.336 e. The predicted octanol–water partition coefficient (Wildman–Crippen LogP) is 4.36. The van der Waals surface area contributed by atoms with E-state index in [9.17, 15) is 24.2 Å². The number of carbonyl (C=O) groups is 2. The molecule has 1 aliphatic heterocycles. The Kier molecular flexibility index (Phi) is 7.54. The molecule has 3 unspecified atom stereocenters. The Morgan fingerprint density at radius 2 is 2.02 bits per heavy atom. The molecule has 7 rings (SSSR count). The molecule has 4 aliphatic carbocycles. The number of hydrogen-bond acceptors (Lipinski definition) is 9. The molecule has 4 fully saturated rings. The summed E-state index contributed by atoms with van der Waals surface area (Å²) < 4.78 is 45.1. The van der Waals surface area contributed by atoms with Crippen molar-refractivity contribution >= 4 is 28.9 Å². The largest absolute Gasteiger partial charge is 0.448 e. The third-order valence-electron chi connectivity index (χ3n) is 11.8. The number of fused-ring (bicyclic) bond motifs is 6. The molecule has 45 heavy (non-hydrogen) atoms. The molecule has 0 amide bonds. The molecule has 12 heteroatoms. The highest BCUT2D eigenvalue weighted by atomic mass is 32.2. The Morgan fingerprint density at radius 1 is 1.20 bits per heavy atom. The molecule has 2 aromatic rings. The van der Waals surface area contributed by atoms with Gasteiger partial charge < -0.3 is 19.7 Å². The Bertz CT molecular complexity index is 1550. The minimum absolute atomic E-state index is 0.0505. The monoisotopic (exact) mass is 643 g/mol. The van der Waals surface area contributed by atoms with Gasteiger partial charge in [-0.1, -0.05) is 31.2 Å². The van der Waals surface area contributed by atoms with Crippen LogP contribution in [-0.4, -0.2) is 78.5 Å². The zero-order valence-electron chi connectivity index (χ0n) is 25.5. The van der Waals surface area contributed by atoms with Crippen LogP contribution in [-0.2, 0) is 25.5 Å². The van der Waals surface area contributed by atoms with Gasteiger partial charge in [0.25, 0.3) is 0 Å². The van der Waals surface area contributed by atoms with E-state index in [4.69, 9.17) is 9.47 Å². The van der Waals surface area contributed by atoms with Gasteiger partial charge in [-0.25, -0.2) is 18.9 Å². The lowest BCUT2D eigenvalue weighted by molar-refractivity contribution is -0.230. The van der Waals surface area contributed by atoms with Gasteiger partial charge in [0.2, 0.25) is 11.1 Å². The van der Waals surface area contributed by atoms with Crippen molar-refractivity contribution < 1.29 is 38.1 Å². The van der Waals surface area contributed by atoms with E-state index in [1.54, 1.807) is 16.9 Å². The van der Waals surface area contributed by atoms with E-state index in [-0.39, 0.29) is 36.2 Å². The maximum atomic E-state index is 18.2. The minimum atomic E-state index is -2.01. The van der Waals surface area contributed by atoms with Crippen LogP contribution < -0.4 is 0 Å². The maximum absolute atomic E-state index is 18.2. The first kappa shape index (κ1) is 31.0. The first-order valence-electron chi connectivity index (χ1n) is 15.9. The van der Waals surface area contributed by atoms with Gasteiger partial charge in [0.1, 0.15) is 5.67 Å². The van der Waals surface area contributed by atoms with Crippen LogP contribution in [0.5, 0.6) is 0 Å². The average Bonchev–Trinajstić information content (AvgIpc) is 3.75. The summed E-state index contributed by atoms with van der Waals surface area (Å²) in [6.45, 7) is 4.00. The molecule has 3 heterocycles. The second-order valence-electron chi connectivity index (χ2n) is 13.8. The molecule has 8 atom stereocenters. The number of alkyl halides is 1. The van der Waals surface area contributed by atoms with Crippen LogP contribution in [0.2, 0.25) is 0 Å². The number of carbonyl (C=O) groups excluding carboxylic acids is 2. The van der Waals surface area contributed by atoms with Crippen molar-refractivity contribution in [3.8, 4) is 5.69 Å². The predicted molar refractivity (Wildman–Crippen MR) is 161 cm³/mol. The number of hydrogen-bond donors (Lipinski definition) is 2. The number of halogens is 2. The summed E-state index contributed by atoms with van der Waals surface area (Å²) in [7, 11) is 0. The van der Waals surface area contributed by atoms with E-state index in [0.29, 0.717) is 44.4 Å². The molecule has 0 spiro atoms. The van der Waals surface area contributed by atoms with Crippen LogP contribution in [0.3, 0.4) is 0 Å². The molecule has 0 aromatic carbocycles. The van der Waals surface area contributed by atoms with Crippen LogP contribution >= 0.6 is 11.8 Å². The topological polar surface area (TPSA) is 124 Å². The normalized spacial score (nSPS) is 38.5. The van der Waals surface area contributed by atoms with Crippen molar-refractivity contribution in [2.45, 2.75) is 88.7 Å². The summed E-state index contributed by atoms with van der Waals surface area (Å²) in [4.78, 5) is 31.1. The van der Waals surface area contributed by atoms with E-state index in [0.717, 1.165) is 35.0 Å². The number of aromatic nitrogens is 3. The number of aliphatic hydroxyl groups excluding tert-OH is 2. The third-order valence-corrected chi connectivity index (χ3v) is 12.8. The summed E-state index contributed by atoms with van der Waals surface area (Å²) in [5.41, 5.74) is -2.52. The quantitative estimate of drug-likeness (QED) is 0.349. The van der Waals surface area contributed by atoms with E-state index < -0.39 is 52.1 Å². The van der Waals surface area contributed by atoms with Gasteiger partial charge in [-0.05, 0) is 81.1 Å². The third kappa shape index (κ3) is 4.34. The Balaban J connectivity index is 1.24. The van der Waals surface area contributed by atoms with Crippen LogP contribution in [0.1, 0.15) is 70.1 Å². The summed E-state index contributed by atoms with van der Waals surface area (Å²) in [6.07, 6.45) is 6.15. The summed E-state index contributed by atoms with van der Waals surface area (Å²) in [5, 5.41) is 25.6. The van der Waals surface area contributed by atoms with E-state index in [1.807, 2.05) is 19.9 Å². The summed E-state index contributed by atoms with van der Waals surface area (Å²) in [6, 6.07) is 2.87. The molecule has 9 nitrogen and oxygen atoms in total. The molecule has 0 radical (unpaired) electrons. The molecule has 1 saturated heterocycles. The van der Waals surface area contributed by atoms with E-state index in [2.05, 4.69) is 10.1 Å². The Morgan fingerprint density at radius 3 is 2.73 bits per heavy atom. The fourth-order valence-electron chi connectivity index (χ4n) is 9.54. The zero-order chi connectivity index (χ0) is 31.8. The second-order valence-corrected chi connectivity index (χ2v) is 14.9. The average molecular weight is 644 g/mol. The first-order valence-corrected chi connectivity index (χ1v) is 16.9. The lowest BCUT2D eigenvalue weighted by Gasteiger charge is -2.63. The number of thioether (sulfide) groups is 1. The minimum Gasteiger partial charge on any atom is -0.448 e. The highest BCUT2D eigenvalue weighted by Gasteiger charge is 2.76. The maximum Gasteiger partial charge on any atom is 0.336 e. The number of rotatable bonds is 6. The number of nitrogens with zero attached hydrogens (tertiary/aromatic N) is 3. The second kappa shape index (κ2) is 11.0. The molecular weight excluding hydrogens is 604 g/mol. The number of allylic oxidation sites excluding steroid dienone is 1. The number of pyridine rings is 1. The van der Waals surface area contributed by atoms with Crippen molar-refractivity contribution in [3.63, 3.8) is 0 Å². The zero-order valence-corrected chi connectivity index (χ0v) is 26.3. The lowest BCUT2D eigenvalue weighted by Crippen LogP contribution is -2.70. The number of esters is 1. The van der Waals surface area contributed by atoms with E-state index >= 15 is 4.39 Å². The van der Waals surface area contributed by atoms with Crippen molar-refractivity contribution in [3.05, 3.63) is 47.3 Å². The van der Waals surface area contributed by atoms with Gasteiger partial charge in [0.15, 0.2) is 11.7 Å². The molecule has 0 bridgehead atoms. The number of ether oxygens (including phenoxy) is 2. The Labute approximate surface area is 264 Å². The van der Waals surface area contributed by atoms with Crippen LogP contribution in [0.15, 0.2) is 30.1 Å². The molecule has 2 N–H and O–H groups in total. The molecule has 5 aliphatic rings. The molecule has 242 valence electrons. The number of aliphatic hydroxyl groups is 2. The van der Waals surface area contributed by atoms with Crippen molar-refractivity contribution in [1.82, 2.24) is 14.8 Å². The Hall–Kier alpha value is -2.67. The standard InChI is InChI=1S/C33H39F2N3O6S/c1-30-15-19-17-37-38(21-6-8-27(34)36-18-21)24(19)14-20(30)5-7-23-22-9-10-32(29(42)45-13-11-39,44-28(41)25-4-3-12-43-25)31(22,2)16-26(40)33(23,30)35/h6,8,14,17-18,22-23,25-26,39-40H,3-5,7,9-13,15-16H2,1-2H3/t22-,23?,25?,26-,30?,31-,32-,33-/m0/s1. The fourth-order valence-corrected chi connectivity index (χ4v) is 10.4. The van der Waals surface area contributed by atoms with Gasteiger partial charge >= 0.3 is 5.97 Å². The summed E-state index contributed by atoms with van der Waals surface area (Å²) >= 11 is 0.926. The van der Waals surface area contributed by atoms with Crippen LogP contribution in [0.25, 0.3) is 11.8 Å². The van der Waals surface area contributed by atoms with Crippen LogP contribution in [0.4, 0.5) is 8.78 Å². The van der Waals surface area contributed by atoms with Crippen LogP contribution in [0, 0.1) is 28.6 Å². The SMILES string of the molecule is CC12Cc3cnn(-c4ccc(F)nc4)c3C=C1CCC1[C@@H]3CC[C@](OC(=O)C4CCCO4)(C(=O)SCCO)[C@@]3(C)C[C@H](O)[C@@]12F. The highest BCUT2D eigenvalue weighted by Crippen LogP contribution is 2.71. The highest BCUT2D eigenvalue weighted by molar-refractivity contribution is 8.13. The first-order chi connectivity index (χ1) is 21.5. The van der Waals surface area contributed by atoms with Crippen molar-refractivity contribution in [2.24, 2.45) is 22.7 Å². The fraction of sp³-hybridized carbons (Fsp3) is 0.636. The van der Waals surface area contributed by atoms with Gasteiger partial charge in [-0.3, -0.25) is 4.79 Å². The lowest BCUT2D eigenvalue weighted by atomic mass is 9.44. The molecular formula is C33H39F2N3O6S. The van der Waals surface area contributed by atoms with E-state index in [1.165, 1.54) is 12.3 Å². The van der Waals surface area contributed by atoms with Gasteiger partial charge in [0.05, 0.1) is 36.5 Å². The molecule has 3 saturated carbocycles. The molecule has 2 aromatic heterocycles. The summed E-state index contributed by atoms with van der Waals surface area (Å²) in [5.74, 6) is -1.94. The van der Waals surface area contributed by atoms with Gasteiger partial charge in [-0.15, -0.1) is 0 Å². The van der Waals surface area contributed by atoms with Crippen molar-refractivity contribution in [2.75, 3.05) is 19.0 Å².